The first kappa shape index (κ1) is 16.5. The minimum absolute atomic E-state index is 0.0468. The highest BCUT2D eigenvalue weighted by Gasteiger charge is 2.29. The summed E-state index contributed by atoms with van der Waals surface area (Å²) < 4.78 is 6.96. The summed E-state index contributed by atoms with van der Waals surface area (Å²) in [6, 6.07) is 7.85. The number of carbonyl (C=O) groups is 1. The molecule has 0 aliphatic carbocycles. The lowest BCUT2D eigenvalue weighted by molar-refractivity contribution is 0.0652. The third-order valence-corrected chi connectivity index (χ3v) is 4.24. The van der Waals surface area contributed by atoms with Gasteiger partial charge >= 0.3 is 0 Å². The number of rotatable bonds is 4. The average molecular weight is 328 g/mol. The van der Waals surface area contributed by atoms with E-state index in [2.05, 4.69) is 24.3 Å². The van der Waals surface area contributed by atoms with Gasteiger partial charge in [0.05, 0.1) is 25.4 Å². The number of amides is 1. The van der Waals surface area contributed by atoms with Crippen LogP contribution in [0.1, 0.15) is 29.8 Å². The van der Waals surface area contributed by atoms with E-state index < -0.39 is 0 Å². The molecule has 0 saturated carbocycles. The first-order valence-corrected chi connectivity index (χ1v) is 8.16. The molecule has 2 aromatic rings. The Morgan fingerprint density at radius 3 is 2.75 bits per heavy atom. The number of nitrogens with one attached hydrogen (secondary N) is 1. The van der Waals surface area contributed by atoms with Gasteiger partial charge in [0.1, 0.15) is 5.75 Å². The zero-order chi connectivity index (χ0) is 17.2. The van der Waals surface area contributed by atoms with E-state index >= 15 is 0 Å². The second-order valence-electron chi connectivity index (χ2n) is 6.81. The van der Waals surface area contributed by atoms with E-state index in [0.29, 0.717) is 18.7 Å². The maximum atomic E-state index is 12.7. The first-order valence-electron chi connectivity index (χ1n) is 8.16. The SMILES string of the molecule is COc1ccc(Cn2cc(C(=O)N3CCNC(C)(C)C3)cn2)cc1. The fourth-order valence-corrected chi connectivity index (χ4v) is 2.98. The summed E-state index contributed by atoms with van der Waals surface area (Å²) in [5.41, 5.74) is 1.70. The Hall–Kier alpha value is -2.34. The summed E-state index contributed by atoms with van der Waals surface area (Å²) >= 11 is 0. The molecule has 1 aliphatic rings. The number of aromatic nitrogens is 2. The Morgan fingerprint density at radius 1 is 1.33 bits per heavy atom. The summed E-state index contributed by atoms with van der Waals surface area (Å²) in [7, 11) is 1.65. The Morgan fingerprint density at radius 2 is 2.08 bits per heavy atom. The van der Waals surface area contributed by atoms with Gasteiger partial charge in [-0.25, -0.2) is 0 Å². The summed E-state index contributed by atoms with van der Waals surface area (Å²) in [4.78, 5) is 14.6. The van der Waals surface area contributed by atoms with Gasteiger partial charge in [-0.3, -0.25) is 9.48 Å². The Kier molecular flexibility index (Phi) is 4.57. The molecule has 1 aromatic carbocycles. The van der Waals surface area contributed by atoms with Crippen molar-refractivity contribution in [3.05, 3.63) is 47.8 Å². The van der Waals surface area contributed by atoms with Crippen LogP contribution in [0.2, 0.25) is 0 Å². The molecule has 0 radical (unpaired) electrons. The van der Waals surface area contributed by atoms with Crippen LogP contribution in [0, 0.1) is 0 Å². The van der Waals surface area contributed by atoms with Crippen LogP contribution in [0.25, 0.3) is 0 Å². The monoisotopic (exact) mass is 328 g/mol. The quantitative estimate of drug-likeness (QED) is 0.929. The Bertz CT molecular complexity index is 706. The van der Waals surface area contributed by atoms with Gasteiger partial charge in [-0.2, -0.15) is 5.10 Å². The molecule has 1 saturated heterocycles. The molecule has 0 atom stereocenters. The highest BCUT2D eigenvalue weighted by atomic mass is 16.5. The van der Waals surface area contributed by atoms with E-state index in [1.807, 2.05) is 35.4 Å². The van der Waals surface area contributed by atoms with Crippen molar-refractivity contribution in [3.8, 4) is 5.75 Å². The van der Waals surface area contributed by atoms with Crippen molar-refractivity contribution in [2.75, 3.05) is 26.7 Å². The van der Waals surface area contributed by atoms with E-state index in [1.165, 1.54) is 0 Å². The van der Waals surface area contributed by atoms with Crippen LogP contribution >= 0.6 is 0 Å². The minimum Gasteiger partial charge on any atom is -0.497 e. The molecule has 0 bridgehead atoms. The van der Waals surface area contributed by atoms with Gasteiger partial charge in [0.2, 0.25) is 0 Å². The van der Waals surface area contributed by atoms with E-state index in [0.717, 1.165) is 24.4 Å². The van der Waals surface area contributed by atoms with Crippen molar-refractivity contribution in [2.24, 2.45) is 0 Å². The van der Waals surface area contributed by atoms with Gasteiger partial charge in [0.25, 0.3) is 5.91 Å². The fraction of sp³-hybridized carbons (Fsp3) is 0.444. The number of benzene rings is 1. The molecular weight excluding hydrogens is 304 g/mol. The molecule has 0 unspecified atom stereocenters. The van der Waals surface area contributed by atoms with Gasteiger partial charge in [0, 0.05) is 31.4 Å². The molecule has 1 fully saturated rings. The standard InChI is InChI=1S/C18H24N4O2/c1-18(2)13-21(9-8-19-18)17(23)15-10-20-22(12-15)11-14-4-6-16(24-3)7-5-14/h4-7,10,12,19H,8-9,11,13H2,1-3H3. The number of hydrogen-bond acceptors (Lipinski definition) is 4. The number of nitrogens with zero attached hydrogens (tertiary/aromatic N) is 3. The van der Waals surface area contributed by atoms with Crippen molar-refractivity contribution in [3.63, 3.8) is 0 Å². The lowest BCUT2D eigenvalue weighted by Gasteiger charge is -2.38. The Balaban J connectivity index is 1.67. The van der Waals surface area contributed by atoms with Crippen LogP contribution in [0.4, 0.5) is 0 Å². The molecule has 128 valence electrons. The molecular formula is C18H24N4O2. The topological polar surface area (TPSA) is 59.4 Å². The van der Waals surface area contributed by atoms with Crippen LogP contribution < -0.4 is 10.1 Å². The maximum Gasteiger partial charge on any atom is 0.257 e. The molecule has 6 nitrogen and oxygen atoms in total. The summed E-state index contributed by atoms with van der Waals surface area (Å²) in [6.07, 6.45) is 3.47. The molecule has 1 aliphatic heterocycles. The van der Waals surface area contributed by atoms with E-state index in [9.17, 15) is 4.79 Å². The minimum atomic E-state index is -0.0486. The predicted octanol–water partition coefficient (Wildman–Crippen LogP) is 1.76. The molecule has 1 aromatic heterocycles. The van der Waals surface area contributed by atoms with E-state index in [4.69, 9.17) is 4.74 Å². The van der Waals surface area contributed by atoms with Crippen LogP contribution in [0.15, 0.2) is 36.7 Å². The average Bonchev–Trinajstić information content (AvgIpc) is 3.02. The molecule has 24 heavy (non-hydrogen) atoms. The second-order valence-corrected chi connectivity index (χ2v) is 6.81. The van der Waals surface area contributed by atoms with Crippen LogP contribution in [-0.2, 0) is 6.54 Å². The summed E-state index contributed by atoms with van der Waals surface area (Å²) in [5, 5.41) is 7.75. The number of hydrogen-bond donors (Lipinski definition) is 1. The molecule has 1 amide bonds. The van der Waals surface area contributed by atoms with Crippen molar-refractivity contribution in [1.29, 1.82) is 0 Å². The predicted molar refractivity (Wildman–Crippen MR) is 92.3 cm³/mol. The third-order valence-electron chi connectivity index (χ3n) is 4.24. The molecule has 1 N–H and O–H groups in total. The number of carbonyl (C=O) groups excluding carboxylic acids is 1. The Labute approximate surface area is 142 Å². The van der Waals surface area contributed by atoms with E-state index in [1.54, 1.807) is 18.0 Å². The molecule has 6 heteroatoms. The first-order chi connectivity index (χ1) is 11.5. The zero-order valence-corrected chi connectivity index (χ0v) is 14.5. The smallest absolute Gasteiger partial charge is 0.257 e. The third kappa shape index (κ3) is 3.76. The van der Waals surface area contributed by atoms with Crippen molar-refractivity contribution in [1.82, 2.24) is 20.0 Å². The molecule has 2 heterocycles. The van der Waals surface area contributed by atoms with Gasteiger partial charge in [-0.15, -0.1) is 0 Å². The highest BCUT2D eigenvalue weighted by molar-refractivity contribution is 5.93. The maximum absolute atomic E-state index is 12.7. The fourth-order valence-electron chi connectivity index (χ4n) is 2.98. The van der Waals surface area contributed by atoms with Crippen LogP contribution in [0.3, 0.4) is 0 Å². The van der Waals surface area contributed by atoms with Crippen LogP contribution in [0.5, 0.6) is 5.75 Å². The number of piperazine rings is 1. The highest BCUT2D eigenvalue weighted by Crippen LogP contribution is 2.15. The molecule has 0 spiro atoms. The second kappa shape index (κ2) is 6.65. The lowest BCUT2D eigenvalue weighted by Crippen LogP contribution is -2.58. The number of ether oxygens (including phenoxy) is 1. The van der Waals surface area contributed by atoms with Crippen LogP contribution in [-0.4, -0.2) is 52.9 Å². The van der Waals surface area contributed by atoms with Crippen molar-refractivity contribution in [2.45, 2.75) is 25.9 Å². The van der Waals surface area contributed by atoms with Crippen molar-refractivity contribution < 1.29 is 9.53 Å². The number of methoxy groups -OCH3 is 1. The van der Waals surface area contributed by atoms with Gasteiger partial charge in [-0.1, -0.05) is 12.1 Å². The summed E-state index contributed by atoms with van der Waals surface area (Å²) in [6.45, 7) is 7.10. The zero-order valence-electron chi connectivity index (χ0n) is 14.5. The normalized spacial score (nSPS) is 16.9. The van der Waals surface area contributed by atoms with Crippen molar-refractivity contribution >= 4 is 5.91 Å². The van der Waals surface area contributed by atoms with Gasteiger partial charge in [-0.05, 0) is 31.5 Å². The lowest BCUT2D eigenvalue weighted by atomic mass is 10.0. The van der Waals surface area contributed by atoms with E-state index in [-0.39, 0.29) is 11.4 Å². The van der Waals surface area contributed by atoms with Gasteiger partial charge < -0.3 is 15.0 Å². The largest absolute Gasteiger partial charge is 0.497 e. The van der Waals surface area contributed by atoms with Gasteiger partial charge in [0.15, 0.2) is 0 Å². The molecule has 3 rings (SSSR count). The summed E-state index contributed by atoms with van der Waals surface area (Å²) in [5.74, 6) is 0.877.